The van der Waals surface area contributed by atoms with Gasteiger partial charge in [0.05, 0.1) is 13.0 Å². The first-order valence-corrected chi connectivity index (χ1v) is 12.8. The number of rotatable bonds is 11. The van der Waals surface area contributed by atoms with Gasteiger partial charge in [0.1, 0.15) is 5.82 Å². The molecule has 0 unspecified atom stereocenters. The number of para-hydroxylation sites is 1. The Morgan fingerprint density at radius 1 is 0.838 bits per heavy atom. The Bertz CT molecular complexity index is 1320. The monoisotopic (exact) mass is 499 g/mol. The van der Waals surface area contributed by atoms with Crippen molar-refractivity contribution >= 4 is 22.7 Å². The quantitative estimate of drug-likeness (QED) is 0.292. The van der Waals surface area contributed by atoms with Gasteiger partial charge in [-0.3, -0.25) is 9.59 Å². The fourth-order valence-corrected chi connectivity index (χ4v) is 4.54. The van der Waals surface area contributed by atoms with Gasteiger partial charge in [-0.2, -0.15) is 0 Å². The van der Waals surface area contributed by atoms with Gasteiger partial charge in [0.2, 0.25) is 11.8 Å². The lowest BCUT2D eigenvalue weighted by molar-refractivity contribution is -0.141. The van der Waals surface area contributed by atoms with Crippen LogP contribution in [-0.4, -0.2) is 46.2 Å². The third-order valence-electron chi connectivity index (χ3n) is 6.43. The summed E-state index contributed by atoms with van der Waals surface area (Å²) in [6.45, 7) is 5.57. The summed E-state index contributed by atoms with van der Waals surface area (Å²) in [5.41, 5.74) is 4.01. The standard InChI is InChI=1S/C31H34FN3O2/c1-23(2)20-35(30(36)18-24-12-14-27(32)15-13-24)22-31(37)34(21-25-8-4-3-5-9-25)17-16-26-19-33-29-11-7-6-10-28(26)29/h3-15,19,23,33H,16-18,20-22H2,1-2H3. The summed E-state index contributed by atoms with van der Waals surface area (Å²) in [7, 11) is 0. The van der Waals surface area contributed by atoms with Crippen LogP contribution in [0.2, 0.25) is 0 Å². The van der Waals surface area contributed by atoms with E-state index in [0.717, 1.165) is 27.6 Å². The highest BCUT2D eigenvalue weighted by atomic mass is 19.1. The van der Waals surface area contributed by atoms with Gasteiger partial charge >= 0.3 is 0 Å². The number of fused-ring (bicyclic) bond motifs is 1. The van der Waals surface area contributed by atoms with Crippen LogP contribution in [0.4, 0.5) is 4.39 Å². The van der Waals surface area contributed by atoms with Crippen molar-refractivity contribution in [2.75, 3.05) is 19.6 Å². The minimum atomic E-state index is -0.336. The molecule has 4 aromatic rings. The number of benzene rings is 3. The Morgan fingerprint density at radius 2 is 1.54 bits per heavy atom. The molecule has 37 heavy (non-hydrogen) atoms. The maximum absolute atomic E-state index is 13.6. The molecule has 1 aromatic heterocycles. The van der Waals surface area contributed by atoms with Gasteiger partial charge in [0, 0.05) is 36.7 Å². The fourth-order valence-electron chi connectivity index (χ4n) is 4.54. The maximum Gasteiger partial charge on any atom is 0.242 e. The second-order valence-corrected chi connectivity index (χ2v) is 9.88. The van der Waals surface area contributed by atoms with Crippen LogP contribution in [0.1, 0.15) is 30.5 Å². The average molecular weight is 500 g/mol. The molecular formula is C31H34FN3O2. The van der Waals surface area contributed by atoms with Crippen molar-refractivity contribution < 1.29 is 14.0 Å². The molecule has 0 fully saturated rings. The number of nitrogens with zero attached hydrogens (tertiary/aromatic N) is 2. The number of hydrogen-bond acceptors (Lipinski definition) is 2. The van der Waals surface area contributed by atoms with Crippen LogP contribution in [0.3, 0.4) is 0 Å². The zero-order chi connectivity index (χ0) is 26.2. The van der Waals surface area contributed by atoms with E-state index >= 15 is 0 Å². The Balaban J connectivity index is 1.50. The molecule has 0 aliphatic rings. The third-order valence-corrected chi connectivity index (χ3v) is 6.43. The molecule has 0 saturated heterocycles. The molecule has 4 rings (SSSR count). The molecule has 1 heterocycles. The van der Waals surface area contributed by atoms with Crippen molar-refractivity contribution in [1.29, 1.82) is 0 Å². The van der Waals surface area contributed by atoms with Gasteiger partial charge in [-0.25, -0.2) is 4.39 Å². The molecule has 0 aliphatic heterocycles. The van der Waals surface area contributed by atoms with Crippen LogP contribution in [0.15, 0.2) is 85.1 Å². The van der Waals surface area contributed by atoms with Crippen molar-refractivity contribution in [1.82, 2.24) is 14.8 Å². The smallest absolute Gasteiger partial charge is 0.242 e. The zero-order valence-electron chi connectivity index (χ0n) is 21.5. The Hall–Kier alpha value is -3.93. The molecular weight excluding hydrogens is 465 g/mol. The molecule has 192 valence electrons. The highest BCUT2D eigenvalue weighted by Crippen LogP contribution is 2.19. The average Bonchev–Trinajstić information content (AvgIpc) is 3.31. The first-order valence-electron chi connectivity index (χ1n) is 12.8. The lowest BCUT2D eigenvalue weighted by atomic mass is 10.1. The summed E-state index contributed by atoms with van der Waals surface area (Å²) >= 11 is 0. The summed E-state index contributed by atoms with van der Waals surface area (Å²) in [4.78, 5) is 33.6. The molecule has 0 spiro atoms. The normalized spacial score (nSPS) is 11.1. The second-order valence-electron chi connectivity index (χ2n) is 9.88. The number of aromatic amines is 1. The lowest BCUT2D eigenvalue weighted by Gasteiger charge is -2.29. The van der Waals surface area contributed by atoms with Crippen molar-refractivity contribution in [3.8, 4) is 0 Å². The van der Waals surface area contributed by atoms with Crippen molar-refractivity contribution in [3.05, 3.63) is 108 Å². The molecule has 0 radical (unpaired) electrons. The highest BCUT2D eigenvalue weighted by Gasteiger charge is 2.23. The van der Waals surface area contributed by atoms with Gasteiger partial charge in [-0.05, 0) is 47.2 Å². The second kappa shape index (κ2) is 12.3. The van der Waals surface area contributed by atoms with Gasteiger partial charge < -0.3 is 14.8 Å². The van der Waals surface area contributed by atoms with E-state index in [9.17, 15) is 14.0 Å². The van der Waals surface area contributed by atoms with Crippen molar-refractivity contribution in [2.45, 2.75) is 33.2 Å². The van der Waals surface area contributed by atoms with Gasteiger partial charge in [0.15, 0.2) is 0 Å². The van der Waals surface area contributed by atoms with Gasteiger partial charge in [-0.1, -0.05) is 74.5 Å². The summed E-state index contributed by atoms with van der Waals surface area (Å²) < 4.78 is 13.3. The van der Waals surface area contributed by atoms with Crippen LogP contribution in [-0.2, 0) is 29.0 Å². The van der Waals surface area contributed by atoms with Gasteiger partial charge in [-0.15, -0.1) is 0 Å². The Labute approximate surface area is 217 Å². The summed E-state index contributed by atoms with van der Waals surface area (Å²) in [5.74, 6) is -0.349. The molecule has 0 saturated carbocycles. The molecule has 0 atom stereocenters. The molecule has 6 heteroatoms. The van der Waals surface area contributed by atoms with Crippen LogP contribution in [0.25, 0.3) is 10.9 Å². The van der Waals surface area contributed by atoms with E-state index < -0.39 is 0 Å². The van der Waals surface area contributed by atoms with Crippen LogP contribution in [0.5, 0.6) is 0 Å². The molecule has 3 aromatic carbocycles. The maximum atomic E-state index is 13.6. The summed E-state index contributed by atoms with van der Waals surface area (Å²) in [5, 5.41) is 1.16. The van der Waals surface area contributed by atoms with Gasteiger partial charge in [0.25, 0.3) is 0 Å². The Kier molecular flexibility index (Phi) is 8.72. The zero-order valence-corrected chi connectivity index (χ0v) is 21.5. The Morgan fingerprint density at radius 3 is 2.27 bits per heavy atom. The largest absolute Gasteiger partial charge is 0.361 e. The van der Waals surface area contributed by atoms with Crippen LogP contribution < -0.4 is 0 Å². The molecule has 2 amide bonds. The van der Waals surface area contributed by atoms with Crippen molar-refractivity contribution in [3.63, 3.8) is 0 Å². The SMILES string of the molecule is CC(C)CN(CC(=O)N(CCc1c[nH]c2ccccc12)Cc1ccccc1)C(=O)Cc1ccc(F)cc1. The number of halogens is 1. The molecule has 0 aliphatic carbocycles. The number of carbonyl (C=O) groups is 2. The number of H-pyrrole nitrogens is 1. The fraction of sp³-hybridized carbons (Fsp3) is 0.290. The lowest BCUT2D eigenvalue weighted by Crippen LogP contribution is -2.45. The van der Waals surface area contributed by atoms with Crippen molar-refractivity contribution in [2.24, 2.45) is 5.92 Å². The number of nitrogens with one attached hydrogen (secondary N) is 1. The number of amides is 2. The summed E-state index contributed by atoms with van der Waals surface area (Å²) in [6.07, 6.45) is 2.84. The predicted molar refractivity (Wildman–Crippen MR) is 145 cm³/mol. The van der Waals surface area contributed by atoms with E-state index in [1.54, 1.807) is 17.0 Å². The minimum absolute atomic E-state index is 0.0128. The molecule has 0 bridgehead atoms. The highest BCUT2D eigenvalue weighted by molar-refractivity contribution is 5.86. The molecule has 5 nitrogen and oxygen atoms in total. The topological polar surface area (TPSA) is 56.4 Å². The van der Waals surface area contributed by atoms with Crippen LogP contribution in [0, 0.1) is 11.7 Å². The first-order chi connectivity index (χ1) is 17.9. The van der Waals surface area contributed by atoms with E-state index in [1.165, 1.54) is 12.1 Å². The van der Waals surface area contributed by atoms with E-state index in [1.807, 2.05) is 73.5 Å². The number of aromatic nitrogens is 1. The third kappa shape index (κ3) is 7.29. The predicted octanol–water partition coefficient (Wildman–Crippen LogP) is 5.61. The van der Waals surface area contributed by atoms with E-state index in [2.05, 4.69) is 11.1 Å². The number of carbonyl (C=O) groups excluding carboxylic acids is 2. The van der Waals surface area contributed by atoms with E-state index in [-0.39, 0.29) is 36.5 Å². The van der Waals surface area contributed by atoms with E-state index in [4.69, 9.17) is 0 Å². The minimum Gasteiger partial charge on any atom is -0.361 e. The number of hydrogen-bond donors (Lipinski definition) is 1. The summed E-state index contributed by atoms with van der Waals surface area (Å²) in [6, 6.07) is 24.0. The first kappa shape index (κ1) is 26.1. The van der Waals surface area contributed by atoms with Crippen LogP contribution >= 0.6 is 0 Å². The van der Waals surface area contributed by atoms with E-state index in [0.29, 0.717) is 26.1 Å². The molecule has 1 N–H and O–H groups in total.